The molecule has 0 aliphatic carbocycles. The monoisotopic (exact) mass is 440 g/mol. The van der Waals surface area contributed by atoms with Crippen molar-refractivity contribution in [2.24, 2.45) is 7.05 Å². The second-order valence-electron chi connectivity index (χ2n) is 9.32. The van der Waals surface area contributed by atoms with Crippen LogP contribution in [0.15, 0.2) is 30.5 Å². The third kappa shape index (κ3) is 5.32. The van der Waals surface area contributed by atoms with E-state index >= 15 is 0 Å². The second kappa shape index (κ2) is 8.10. The summed E-state index contributed by atoms with van der Waals surface area (Å²) in [5, 5.41) is 4.86. The molecule has 0 aliphatic heterocycles. The van der Waals surface area contributed by atoms with Gasteiger partial charge in [-0.15, -0.1) is 4.90 Å². The number of rotatable bonds is 2. The maximum Gasteiger partial charge on any atom is 0.427 e. The average molecular weight is 441 g/mol. The molecule has 170 valence electrons. The highest BCUT2D eigenvalue weighted by molar-refractivity contribution is 6.08. The fourth-order valence-electron chi connectivity index (χ4n) is 2.90. The first-order valence-corrected chi connectivity index (χ1v) is 10.1. The molecule has 2 aromatic heterocycles. The lowest BCUT2D eigenvalue weighted by molar-refractivity contribution is 0.0427. The molecule has 3 aromatic rings. The molecule has 0 saturated carbocycles. The molecule has 0 radical (unpaired) electrons. The van der Waals surface area contributed by atoms with Crippen LogP contribution in [-0.2, 0) is 16.5 Å². The van der Waals surface area contributed by atoms with Crippen LogP contribution in [0.25, 0.3) is 22.2 Å². The number of nitrogen functional groups attached to an aromatic ring is 1. The summed E-state index contributed by atoms with van der Waals surface area (Å²) < 4.78 is 12.4. The highest BCUT2D eigenvalue weighted by Crippen LogP contribution is 2.26. The van der Waals surface area contributed by atoms with E-state index in [0.717, 1.165) is 11.3 Å². The number of carbonyl (C=O) groups is 2. The normalized spacial score (nSPS) is 12.0. The zero-order chi connectivity index (χ0) is 23.8. The summed E-state index contributed by atoms with van der Waals surface area (Å²) in [4.78, 5) is 34.9. The molecule has 2 amide bonds. The molecule has 10 nitrogen and oxygen atoms in total. The van der Waals surface area contributed by atoms with Gasteiger partial charge in [-0.3, -0.25) is 4.68 Å². The number of anilines is 2. The lowest BCUT2D eigenvalue weighted by Gasteiger charge is -2.27. The Morgan fingerprint density at radius 2 is 1.59 bits per heavy atom. The molecular formula is C22H28N6O4. The average Bonchev–Trinajstić information content (AvgIpc) is 2.96. The number of hydrogen-bond acceptors (Lipinski definition) is 8. The van der Waals surface area contributed by atoms with Crippen LogP contribution in [0.1, 0.15) is 41.5 Å². The number of nitrogens with zero attached hydrogens (tertiary/aromatic N) is 5. The maximum atomic E-state index is 12.8. The van der Waals surface area contributed by atoms with Crippen LogP contribution in [0, 0.1) is 0 Å². The number of carbonyl (C=O) groups excluding carboxylic acids is 2. The van der Waals surface area contributed by atoms with Crippen molar-refractivity contribution in [2.45, 2.75) is 52.7 Å². The van der Waals surface area contributed by atoms with Crippen LogP contribution < -0.4 is 10.6 Å². The van der Waals surface area contributed by atoms with Crippen LogP contribution in [0.5, 0.6) is 0 Å². The van der Waals surface area contributed by atoms with Crippen molar-refractivity contribution in [1.29, 1.82) is 0 Å². The number of benzene rings is 1. The van der Waals surface area contributed by atoms with Gasteiger partial charge in [0.05, 0.1) is 11.2 Å². The molecule has 0 unspecified atom stereocenters. The molecule has 0 atom stereocenters. The first kappa shape index (κ1) is 23.0. The van der Waals surface area contributed by atoms with E-state index in [1.54, 1.807) is 65.4 Å². The fraction of sp³-hybridized carbons (Fsp3) is 0.409. The summed E-state index contributed by atoms with van der Waals surface area (Å²) in [5.41, 5.74) is 6.36. The Bertz CT molecular complexity index is 1150. The Balaban J connectivity index is 2.02. The molecule has 0 fully saturated rings. The minimum Gasteiger partial charge on any atom is -0.443 e. The predicted octanol–water partition coefficient (Wildman–Crippen LogP) is 4.29. The SMILES string of the molecule is Cn1nc(N)cc1-c1ccc2nc(N(C(=O)OC(C)(C)C)C(=O)OC(C)(C)C)ncc2c1. The van der Waals surface area contributed by atoms with Crippen LogP contribution in [0.4, 0.5) is 21.4 Å². The first-order valence-electron chi connectivity index (χ1n) is 10.1. The Morgan fingerprint density at radius 3 is 2.09 bits per heavy atom. The molecule has 3 rings (SSSR count). The highest BCUT2D eigenvalue weighted by atomic mass is 16.6. The van der Waals surface area contributed by atoms with Gasteiger partial charge in [0.2, 0.25) is 5.95 Å². The van der Waals surface area contributed by atoms with Gasteiger partial charge in [0.15, 0.2) is 0 Å². The molecule has 1 aromatic carbocycles. The van der Waals surface area contributed by atoms with Gasteiger partial charge in [-0.05, 0) is 53.7 Å². The summed E-state index contributed by atoms with van der Waals surface area (Å²) in [6.07, 6.45) is -0.316. The molecule has 0 saturated heterocycles. The van der Waals surface area contributed by atoms with Crippen molar-refractivity contribution >= 4 is 34.9 Å². The second-order valence-corrected chi connectivity index (χ2v) is 9.32. The molecule has 32 heavy (non-hydrogen) atoms. The van der Waals surface area contributed by atoms with E-state index in [1.165, 1.54) is 6.20 Å². The summed E-state index contributed by atoms with van der Waals surface area (Å²) in [7, 11) is 1.80. The van der Waals surface area contributed by atoms with E-state index in [-0.39, 0.29) is 5.95 Å². The molecular weight excluding hydrogens is 412 g/mol. The Morgan fingerprint density at radius 1 is 1.00 bits per heavy atom. The molecule has 0 bridgehead atoms. The third-order valence-corrected chi connectivity index (χ3v) is 4.11. The van der Waals surface area contributed by atoms with E-state index in [0.29, 0.717) is 21.6 Å². The number of ether oxygens (including phenoxy) is 2. The third-order valence-electron chi connectivity index (χ3n) is 4.11. The minimum atomic E-state index is -0.923. The van der Waals surface area contributed by atoms with E-state index in [9.17, 15) is 9.59 Å². The number of aromatic nitrogens is 4. The van der Waals surface area contributed by atoms with E-state index in [2.05, 4.69) is 15.1 Å². The highest BCUT2D eigenvalue weighted by Gasteiger charge is 2.34. The number of fused-ring (bicyclic) bond motifs is 1. The molecule has 0 spiro atoms. The van der Waals surface area contributed by atoms with Crippen molar-refractivity contribution in [3.05, 3.63) is 30.5 Å². The number of aryl methyl sites for hydroxylation is 1. The summed E-state index contributed by atoms with van der Waals surface area (Å²) in [6.45, 7) is 10.2. The Kier molecular flexibility index (Phi) is 5.82. The van der Waals surface area contributed by atoms with Crippen LogP contribution >= 0.6 is 0 Å². The van der Waals surface area contributed by atoms with Gasteiger partial charge < -0.3 is 15.2 Å². The van der Waals surface area contributed by atoms with Gasteiger partial charge in [0.25, 0.3) is 0 Å². The number of imide groups is 1. The zero-order valence-electron chi connectivity index (χ0n) is 19.3. The summed E-state index contributed by atoms with van der Waals surface area (Å²) in [5.74, 6) is 0.276. The van der Waals surface area contributed by atoms with Gasteiger partial charge >= 0.3 is 12.2 Å². The number of nitrogens with two attached hydrogens (primary N) is 1. The van der Waals surface area contributed by atoms with Gasteiger partial charge in [0, 0.05) is 30.3 Å². The first-order chi connectivity index (χ1) is 14.7. The number of hydrogen-bond donors (Lipinski definition) is 1. The van der Waals surface area contributed by atoms with Crippen molar-refractivity contribution in [2.75, 3.05) is 10.6 Å². The predicted molar refractivity (Wildman–Crippen MR) is 121 cm³/mol. The van der Waals surface area contributed by atoms with Gasteiger partial charge in [-0.1, -0.05) is 6.07 Å². The zero-order valence-corrected chi connectivity index (χ0v) is 19.3. The fourth-order valence-corrected chi connectivity index (χ4v) is 2.90. The summed E-state index contributed by atoms with van der Waals surface area (Å²) in [6, 6.07) is 7.26. The quantitative estimate of drug-likeness (QED) is 0.625. The van der Waals surface area contributed by atoms with Gasteiger partial charge in [-0.2, -0.15) is 5.10 Å². The lowest BCUT2D eigenvalue weighted by atomic mass is 10.1. The topological polar surface area (TPSA) is 125 Å². The summed E-state index contributed by atoms with van der Waals surface area (Å²) >= 11 is 0. The smallest absolute Gasteiger partial charge is 0.427 e. The lowest BCUT2D eigenvalue weighted by Crippen LogP contribution is -2.44. The molecule has 10 heteroatoms. The van der Waals surface area contributed by atoms with E-state index in [4.69, 9.17) is 15.2 Å². The molecule has 2 heterocycles. The maximum absolute atomic E-state index is 12.8. The van der Waals surface area contributed by atoms with E-state index < -0.39 is 23.4 Å². The molecule has 0 aliphatic rings. The van der Waals surface area contributed by atoms with Crippen LogP contribution in [0.2, 0.25) is 0 Å². The van der Waals surface area contributed by atoms with Crippen molar-refractivity contribution in [3.63, 3.8) is 0 Å². The van der Waals surface area contributed by atoms with E-state index in [1.807, 2.05) is 12.1 Å². The standard InChI is InChI=1S/C22H28N6O4/c1-21(2,3)31-19(29)28(20(30)32-22(4,5)6)18-24-12-14-10-13(8-9-15(14)25-18)16-11-17(23)26-27(16)7/h8-12H,1-7H3,(H2,23,26). The van der Waals surface area contributed by atoms with Gasteiger partial charge in [0.1, 0.15) is 17.0 Å². The van der Waals surface area contributed by atoms with Crippen LogP contribution in [0.3, 0.4) is 0 Å². The van der Waals surface area contributed by atoms with Crippen molar-refractivity contribution in [3.8, 4) is 11.3 Å². The molecule has 2 N–H and O–H groups in total. The minimum absolute atomic E-state index is 0.140. The van der Waals surface area contributed by atoms with Crippen LogP contribution in [-0.4, -0.2) is 43.1 Å². The largest absolute Gasteiger partial charge is 0.443 e. The number of amides is 2. The van der Waals surface area contributed by atoms with Crippen molar-refractivity contribution < 1.29 is 19.1 Å². The Hall–Kier alpha value is -3.69. The Labute approximate surface area is 186 Å². The van der Waals surface area contributed by atoms with Gasteiger partial charge in [-0.25, -0.2) is 19.6 Å². The van der Waals surface area contributed by atoms with Crippen molar-refractivity contribution in [1.82, 2.24) is 19.7 Å².